The second kappa shape index (κ2) is 10.1. The Balaban J connectivity index is 1.95. The number of rotatable bonds is 10. The van der Waals surface area contributed by atoms with Gasteiger partial charge in [-0.25, -0.2) is 8.42 Å². The van der Waals surface area contributed by atoms with Gasteiger partial charge >= 0.3 is 0 Å². The van der Waals surface area contributed by atoms with E-state index in [1.165, 1.54) is 18.6 Å². The van der Waals surface area contributed by atoms with Gasteiger partial charge < -0.3 is 5.32 Å². The largest absolute Gasteiger partial charge is 0.352 e. The van der Waals surface area contributed by atoms with Gasteiger partial charge in [0.05, 0.1) is 4.90 Å². The van der Waals surface area contributed by atoms with Gasteiger partial charge in [-0.15, -0.1) is 0 Å². The molecular weight excluding hydrogens is 360 g/mol. The molecule has 0 bridgehead atoms. The fraction of sp³-hybridized carbons (Fsp3) is 0.381. The van der Waals surface area contributed by atoms with Crippen LogP contribution in [0.25, 0.3) is 0 Å². The highest BCUT2D eigenvalue weighted by Gasteiger charge is 2.14. The van der Waals surface area contributed by atoms with Crippen LogP contribution in [0, 0.1) is 5.92 Å². The fourth-order valence-electron chi connectivity index (χ4n) is 2.79. The Morgan fingerprint density at radius 3 is 2.26 bits per heavy atom. The molecule has 6 heteroatoms. The topological polar surface area (TPSA) is 75.3 Å². The molecule has 5 nitrogen and oxygen atoms in total. The second-order valence-electron chi connectivity index (χ2n) is 6.62. The zero-order valence-electron chi connectivity index (χ0n) is 15.9. The summed E-state index contributed by atoms with van der Waals surface area (Å²) in [5.74, 6) is 0.355. The van der Waals surface area contributed by atoms with Gasteiger partial charge in [0.25, 0.3) is 15.9 Å². The summed E-state index contributed by atoms with van der Waals surface area (Å²) in [5.41, 5.74) is 0.938. The summed E-state index contributed by atoms with van der Waals surface area (Å²) < 4.78 is 27.2. The van der Waals surface area contributed by atoms with Crippen LogP contribution in [0.3, 0.4) is 0 Å². The highest BCUT2D eigenvalue weighted by molar-refractivity contribution is 7.92. The molecule has 0 aromatic heterocycles. The standard InChI is InChI=1S/C21H28N2O3S/c1-3-5-9-17(4-2)16-22-21(24)18-12-14-19(15-13-18)23-27(25,26)20-10-7-6-8-11-20/h6-8,10-15,17,23H,3-5,9,16H2,1-2H3,(H,22,24)/t17-/m1/s1. The minimum atomic E-state index is -3.63. The number of benzene rings is 2. The molecule has 0 aliphatic carbocycles. The maximum absolute atomic E-state index is 12.3. The summed E-state index contributed by atoms with van der Waals surface area (Å²) in [6.07, 6.45) is 4.49. The van der Waals surface area contributed by atoms with Crippen molar-refractivity contribution in [3.8, 4) is 0 Å². The average Bonchev–Trinajstić information content (AvgIpc) is 2.69. The Labute approximate surface area is 162 Å². The first-order valence-electron chi connectivity index (χ1n) is 9.42. The van der Waals surface area contributed by atoms with E-state index in [9.17, 15) is 13.2 Å². The van der Waals surface area contributed by atoms with Gasteiger partial charge in [0.15, 0.2) is 0 Å². The molecule has 2 aromatic carbocycles. The Kier molecular flexibility index (Phi) is 7.85. The van der Waals surface area contributed by atoms with E-state index >= 15 is 0 Å². The van der Waals surface area contributed by atoms with Crippen molar-refractivity contribution in [2.24, 2.45) is 5.92 Å². The summed E-state index contributed by atoms with van der Waals surface area (Å²) >= 11 is 0. The lowest BCUT2D eigenvalue weighted by Gasteiger charge is -2.15. The molecular formula is C21H28N2O3S. The highest BCUT2D eigenvalue weighted by Crippen LogP contribution is 2.17. The van der Waals surface area contributed by atoms with Gasteiger partial charge in [0.2, 0.25) is 0 Å². The minimum Gasteiger partial charge on any atom is -0.352 e. The molecule has 0 saturated carbocycles. The van der Waals surface area contributed by atoms with Crippen LogP contribution in [0.2, 0.25) is 0 Å². The van der Waals surface area contributed by atoms with Crippen LogP contribution in [0.4, 0.5) is 5.69 Å². The summed E-state index contributed by atoms with van der Waals surface area (Å²) in [7, 11) is -3.63. The molecule has 0 aliphatic heterocycles. The fourth-order valence-corrected chi connectivity index (χ4v) is 3.87. The average molecular weight is 389 g/mol. The minimum absolute atomic E-state index is 0.137. The van der Waals surface area contributed by atoms with E-state index in [1.54, 1.807) is 42.5 Å². The molecule has 2 aromatic rings. The third-order valence-electron chi connectivity index (χ3n) is 4.55. The zero-order valence-corrected chi connectivity index (χ0v) is 16.8. The van der Waals surface area contributed by atoms with Crippen LogP contribution in [0.15, 0.2) is 59.5 Å². The Hall–Kier alpha value is -2.34. The van der Waals surface area contributed by atoms with Crippen LogP contribution < -0.4 is 10.0 Å². The van der Waals surface area contributed by atoms with E-state index in [0.717, 1.165) is 19.3 Å². The van der Waals surface area contributed by atoms with Crippen LogP contribution in [0.5, 0.6) is 0 Å². The predicted molar refractivity (Wildman–Crippen MR) is 109 cm³/mol. The Morgan fingerprint density at radius 2 is 1.67 bits per heavy atom. The van der Waals surface area contributed by atoms with E-state index in [2.05, 4.69) is 23.9 Å². The van der Waals surface area contributed by atoms with E-state index in [-0.39, 0.29) is 10.8 Å². The molecule has 0 aliphatic rings. The van der Waals surface area contributed by atoms with Crippen molar-refractivity contribution in [1.82, 2.24) is 5.32 Å². The smallest absolute Gasteiger partial charge is 0.261 e. The number of nitrogens with one attached hydrogen (secondary N) is 2. The van der Waals surface area contributed by atoms with Gasteiger partial charge in [-0.1, -0.05) is 51.3 Å². The molecule has 1 amide bonds. The number of carbonyl (C=O) groups is 1. The van der Waals surface area contributed by atoms with Crippen molar-refractivity contribution in [3.63, 3.8) is 0 Å². The number of unbranched alkanes of at least 4 members (excludes halogenated alkanes) is 1. The lowest BCUT2D eigenvalue weighted by molar-refractivity contribution is 0.0946. The molecule has 0 radical (unpaired) electrons. The number of amides is 1. The van der Waals surface area contributed by atoms with Crippen molar-refractivity contribution >= 4 is 21.6 Å². The predicted octanol–water partition coefficient (Wildman–Crippen LogP) is 4.43. The molecule has 0 spiro atoms. The van der Waals surface area contributed by atoms with Crippen molar-refractivity contribution in [3.05, 3.63) is 60.2 Å². The molecule has 0 fully saturated rings. The van der Waals surface area contributed by atoms with Gasteiger partial charge in [-0.2, -0.15) is 0 Å². The number of carbonyl (C=O) groups excluding carboxylic acids is 1. The number of sulfonamides is 1. The third-order valence-corrected chi connectivity index (χ3v) is 5.94. The molecule has 2 rings (SSSR count). The molecule has 0 saturated heterocycles. The summed E-state index contributed by atoms with van der Waals surface area (Å²) in [4.78, 5) is 12.5. The van der Waals surface area contributed by atoms with Crippen LogP contribution in [-0.4, -0.2) is 20.9 Å². The monoisotopic (exact) mass is 388 g/mol. The first-order chi connectivity index (χ1) is 13.0. The third kappa shape index (κ3) is 6.40. The van der Waals surface area contributed by atoms with E-state index in [1.807, 2.05) is 0 Å². The normalized spacial score (nSPS) is 12.4. The Bertz CT molecular complexity index is 818. The zero-order chi connectivity index (χ0) is 19.7. The lowest BCUT2D eigenvalue weighted by Crippen LogP contribution is -2.29. The van der Waals surface area contributed by atoms with E-state index < -0.39 is 10.0 Å². The molecule has 146 valence electrons. The highest BCUT2D eigenvalue weighted by atomic mass is 32.2. The summed E-state index contributed by atoms with van der Waals surface area (Å²) in [5, 5.41) is 2.97. The van der Waals surface area contributed by atoms with Gasteiger partial charge in [-0.05, 0) is 48.7 Å². The first kappa shape index (κ1) is 21.0. The van der Waals surface area contributed by atoms with Crippen LogP contribution >= 0.6 is 0 Å². The quantitative estimate of drug-likeness (QED) is 0.632. The van der Waals surface area contributed by atoms with Crippen molar-refractivity contribution in [1.29, 1.82) is 0 Å². The molecule has 0 heterocycles. The second-order valence-corrected chi connectivity index (χ2v) is 8.30. The number of hydrogen-bond acceptors (Lipinski definition) is 3. The SMILES string of the molecule is CCCC[C@@H](CC)CNC(=O)c1ccc(NS(=O)(=O)c2ccccc2)cc1. The van der Waals surface area contributed by atoms with Gasteiger partial charge in [0.1, 0.15) is 0 Å². The summed E-state index contributed by atoms with van der Waals surface area (Å²) in [6, 6.07) is 14.6. The van der Waals surface area contributed by atoms with Crippen LogP contribution in [-0.2, 0) is 10.0 Å². The maximum Gasteiger partial charge on any atom is 0.261 e. The Morgan fingerprint density at radius 1 is 1.00 bits per heavy atom. The van der Waals surface area contributed by atoms with Crippen LogP contribution in [0.1, 0.15) is 49.9 Å². The summed E-state index contributed by atoms with van der Waals surface area (Å²) in [6.45, 7) is 4.97. The van der Waals surface area contributed by atoms with Crippen molar-refractivity contribution in [2.75, 3.05) is 11.3 Å². The van der Waals surface area contributed by atoms with Crippen molar-refractivity contribution < 1.29 is 13.2 Å². The number of anilines is 1. The van der Waals surface area contributed by atoms with E-state index in [4.69, 9.17) is 0 Å². The first-order valence-corrected chi connectivity index (χ1v) is 10.9. The number of hydrogen-bond donors (Lipinski definition) is 2. The molecule has 0 unspecified atom stereocenters. The van der Waals surface area contributed by atoms with Crippen molar-refractivity contribution in [2.45, 2.75) is 44.4 Å². The lowest BCUT2D eigenvalue weighted by atomic mass is 9.99. The van der Waals surface area contributed by atoms with Gasteiger partial charge in [0, 0.05) is 17.8 Å². The molecule has 27 heavy (non-hydrogen) atoms. The molecule has 1 atom stereocenters. The maximum atomic E-state index is 12.3. The molecule has 2 N–H and O–H groups in total. The van der Waals surface area contributed by atoms with E-state index in [0.29, 0.717) is 23.7 Å². The van der Waals surface area contributed by atoms with Gasteiger partial charge in [-0.3, -0.25) is 9.52 Å².